The van der Waals surface area contributed by atoms with Crippen LogP contribution in [0.15, 0.2) is 53.5 Å². The number of carboxylic acid groups (broad SMARTS) is 2. The quantitative estimate of drug-likeness (QED) is 0.181. The van der Waals surface area contributed by atoms with Gasteiger partial charge in [-0.1, -0.05) is 0 Å². The van der Waals surface area contributed by atoms with Gasteiger partial charge < -0.3 is 14.9 Å². The first-order valence-electron chi connectivity index (χ1n) is 10.2. The summed E-state index contributed by atoms with van der Waals surface area (Å²) in [5.41, 5.74) is 1.61. The van der Waals surface area contributed by atoms with E-state index in [-0.39, 0.29) is 43.9 Å². The molecule has 1 atom stereocenters. The van der Waals surface area contributed by atoms with Crippen molar-refractivity contribution >= 4 is 46.6 Å². The second kappa shape index (κ2) is 13.0. The van der Waals surface area contributed by atoms with Gasteiger partial charge in [0.15, 0.2) is 5.78 Å². The Morgan fingerprint density at radius 1 is 0.939 bits per heavy atom. The van der Waals surface area contributed by atoms with Gasteiger partial charge in [-0.2, -0.15) is 4.99 Å². The van der Waals surface area contributed by atoms with Gasteiger partial charge in [0.1, 0.15) is 11.5 Å². The van der Waals surface area contributed by atoms with Crippen LogP contribution in [0.5, 0.6) is 5.75 Å². The Morgan fingerprint density at radius 2 is 1.55 bits per heavy atom. The molecule has 0 aliphatic carbocycles. The number of ether oxygens (including phenoxy) is 1. The Morgan fingerprint density at radius 3 is 2.09 bits per heavy atom. The Kier molecular flexibility index (Phi) is 10.1. The first-order valence-corrected chi connectivity index (χ1v) is 10.6. The monoisotopic (exact) mass is 469 g/mol. The van der Waals surface area contributed by atoms with Gasteiger partial charge in [-0.3, -0.25) is 19.2 Å². The molecule has 172 valence electrons. The van der Waals surface area contributed by atoms with Crippen molar-refractivity contribution in [1.82, 2.24) is 0 Å². The molecule has 0 heterocycles. The number of hydrogen-bond acceptors (Lipinski definition) is 7. The number of hydrogen-bond donors (Lipinski definition) is 2. The minimum absolute atomic E-state index is 0.0802. The minimum Gasteiger partial charge on any atom is -0.494 e. The number of carboxylic acids is 2. The number of carbonyl (C=O) groups excluding carboxylic acids is 2. The zero-order chi connectivity index (χ0) is 24.2. The normalized spacial score (nSPS) is 11.2. The summed E-state index contributed by atoms with van der Waals surface area (Å²) >= 11 is 4.55. The van der Waals surface area contributed by atoms with E-state index in [0.717, 1.165) is 0 Å². The van der Waals surface area contributed by atoms with Gasteiger partial charge in [0.25, 0.3) is 0 Å². The number of aliphatic carboxylic acids is 2. The fourth-order valence-corrected chi connectivity index (χ4v) is 3.16. The fourth-order valence-electron chi connectivity index (χ4n) is 3.06. The molecule has 0 saturated heterocycles. The maximum Gasteiger partial charge on any atom is 0.306 e. The molecule has 1 unspecified atom stereocenters. The van der Waals surface area contributed by atoms with Crippen LogP contribution >= 0.6 is 12.2 Å². The highest BCUT2D eigenvalue weighted by Gasteiger charge is 2.21. The molecule has 2 rings (SSSR count). The van der Waals surface area contributed by atoms with Gasteiger partial charge in [0, 0.05) is 30.4 Å². The summed E-state index contributed by atoms with van der Waals surface area (Å²) in [4.78, 5) is 50.2. The lowest BCUT2D eigenvalue weighted by atomic mass is 9.95. The number of thiocarbonyl (C=S) groups is 1. The molecule has 0 aliphatic heterocycles. The molecule has 0 bridgehead atoms. The topological polar surface area (TPSA) is 130 Å². The van der Waals surface area contributed by atoms with Crippen molar-refractivity contribution < 1.29 is 34.1 Å². The molecule has 2 aromatic rings. The second-order valence-electron chi connectivity index (χ2n) is 7.27. The Hall–Kier alpha value is -3.68. The average Bonchev–Trinajstić information content (AvgIpc) is 2.80. The number of Topliss-reactive ketones (excluding diaryl/α,β-unsaturated/α-hetero) is 1. The molecule has 8 nitrogen and oxygen atoms in total. The number of isothiocyanates is 1. The van der Waals surface area contributed by atoms with Gasteiger partial charge in [-0.05, 0) is 73.6 Å². The number of ketones is 2. The van der Waals surface area contributed by atoms with Crippen molar-refractivity contribution in [3.63, 3.8) is 0 Å². The van der Waals surface area contributed by atoms with Crippen molar-refractivity contribution in [3.8, 4) is 5.75 Å². The smallest absolute Gasteiger partial charge is 0.306 e. The van der Waals surface area contributed by atoms with Gasteiger partial charge in [-0.25, -0.2) is 0 Å². The number of benzene rings is 2. The Balaban J connectivity index is 1.79. The summed E-state index contributed by atoms with van der Waals surface area (Å²) in [5.74, 6) is -3.13. The highest BCUT2D eigenvalue weighted by atomic mass is 32.1. The maximum absolute atomic E-state index is 12.6. The molecule has 2 aromatic carbocycles. The SMILES string of the molecule is O=C(O)CCC(CC(=O)CCCOc1ccc(C(=O)c2ccc(N=C=S)cc2)cc1)C(=O)O. The van der Waals surface area contributed by atoms with Crippen LogP contribution < -0.4 is 4.74 Å². The highest BCUT2D eigenvalue weighted by molar-refractivity contribution is 7.78. The summed E-state index contributed by atoms with van der Waals surface area (Å²) < 4.78 is 5.58. The van der Waals surface area contributed by atoms with Crippen molar-refractivity contribution in [1.29, 1.82) is 0 Å². The number of nitrogens with zero attached hydrogens (tertiary/aromatic N) is 1. The summed E-state index contributed by atoms with van der Waals surface area (Å²) in [6.45, 7) is 0.244. The molecule has 0 aromatic heterocycles. The highest BCUT2D eigenvalue weighted by Crippen LogP contribution is 2.19. The third-order valence-electron chi connectivity index (χ3n) is 4.82. The lowest BCUT2D eigenvalue weighted by Gasteiger charge is -2.10. The number of rotatable bonds is 14. The first kappa shape index (κ1) is 25.6. The molecule has 0 spiro atoms. The van der Waals surface area contributed by atoms with Crippen LogP contribution in [0.25, 0.3) is 0 Å². The third kappa shape index (κ3) is 8.76. The van der Waals surface area contributed by atoms with Crippen molar-refractivity contribution in [2.45, 2.75) is 32.1 Å². The number of carbonyl (C=O) groups is 4. The second-order valence-corrected chi connectivity index (χ2v) is 7.45. The van der Waals surface area contributed by atoms with E-state index < -0.39 is 17.9 Å². The van der Waals surface area contributed by atoms with Crippen molar-refractivity contribution in [3.05, 3.63) is 59.7 Å². The van der Waals surface area contributed by atoms with E-state index in [9.17, 15) is 19.2 Å². The zero-order valence-corrected chi connectivity index (χ0v) is 18.5. The summed E-state index contributed by atoms with van der Waals surface area (Å²) in [7, 11) is 0. The van der Waals surface area contributed by atoms with Crippen LogP contribution in [0, 0.1) is 5.92 Å². The van der Waals surface area contributed by atoms with Crippen LogP contribution in [0.4, 0.5) is 5.69 Å². The van der Waals surface area contributed by atoms with E-state index in [1.807, 2.05) is 0 Å². The van der Waals surface area contributed by atoms with E-state index in [1.165, 1.54) is 0 Å². The predicted octanol–water partition coefficient (Wildman–Crippen LogP) is 4.34. The zero-order valence-electron chi connectivity index (χ0n) is 17.7. The standard InChI is InChI=1S/C24H23NO7S/c26-20(14-18(24(30)31)7-12-22(27)28)2-1-13-32-21-10-5-17(6-11-21)23(29)16-3-8-19(9-4-16)25-15-33/h3-6,8-11,18H,1-2,7,12-14H2,(H,27,28)(H,30,31). The lowest BCUT2D eigenvalue weighted by Crippen LogP contribution is -2.19. The fraction of sp³-hybridized carbons (Fsp3) is 0.292. The van der Waals surface area contributed by atoms with Crippen LogP contribution in [-0.4, -0.2) is 45.5 Å². The minimum atomic E-state index is -1.17. The molecular weight excluding hydrogens is 446 g/mol. The molecule has 2 N–H and O–H groups in total. The molecule has 9 heteroatoms. The molecule has 0 saturated carbocycles. The van der Waals surface area contributed by atoms with Crippen LogP contribution in [0.1, 0.15) is 48.0 Å². The van der Waals surface area contributed by atoms with E-state index in [1.54, 1.807) is 48.5 Å². The Labute approximate surface area is 195 Å². The molecule has 0 aliphatic rings. The first-order chi connectivity index (χ1) is 15.8. The Bertz CT molecular complexity index is 1040. The molecule has 33 heavy (non-hydrogen) atoms. The van der Waals surface area contributed by atoms with Gasteiger partial charge in [0.2, 0.25) is 0 Å². The van der Waals surface area contributed by atoms with E-state index in [4.69, 9.17) is 14.9 Å². The predicted molar refractivity (Wildman–Crippen MR) is 123 cm³/mol. The lowest BCUT2D eigenvalue weighted by molar-refractivity contribution is -0.145. The summed E-state index contributed by atoms with van der Waals surface area (Å²) in [5, 5.41) is 20.1. The van der Waals surface area contributed by atoms with Gasteiger partial charge in [0.05, 0.1) is 23.4 Å². The largest absolute Gasteiger partial charge is 0.494 e. The summed E-state index contributed by atoms with van der Waals surface area (Å²) in [6.07, 6.45) is -0.0427. The van der Waals surface area contributed by atoms with Crippen LogP contribution in [0.3, 0.4) is 0 Å². The third-order valence-corrected chi connectivity index (χ3v) is 4.91. The molecular formula is C24H23NO7S. The summed E-state index contributed by atoms with van der Waals surface area (Å²) in [6, 6.07) is 13.3. The van der Waals surface area contributed by atoms with Gasteiger partial charge >= 0.3 is 11.9 Å². The number of aliphatic imine (C=N–C) groups is 1. The average molecular weight is 470 g/mol. The van der Waals surface area contributed by atoms with Crippen molar-refractivity contribution in [2.24, 2.45) is 10.9 Å². The van der Waals surface area contributed by atoms with Crippen LogP contribution in [0.2, 0.25) is 0 Å². The molecule has 0 amide bonds. The van der Waals surface area contributed by atoms with Gasteiger partial charge in [-0.15, -0.1) is 0 Å². The van der Waals surface area contributed by atoms with Crippen molar-refractivity contribution in [2.75, 3.05) is 6.61 Å². The van der Waals surface area contributed by atoms with Crippen LogP contribution in [-0.2, 0) is 14.4 Å². The molecule has 0 fully saturated rings. The molecule has 0 radical (unpaired) electrons. The maximum atomic E-state index is 12.6. The van der Waals surface area contributed by atoms with E-state index in [0.29, 0.717) is 29.0 Å². The van der Waals surface area contributed by atoms with E-state index in [2.05, 4.69) is 22.4 Å². The van der Waals surface area contributed by atoms with E-state index >= 15 is 0 Å².